The Balaban J connectivity index is 2.29. The average molecular weight is 295 g/mol. The van der Waals surface area contributed by atoms with Crippen LogP contribution in [0.15, 0.2) is 52.2 Å². The van der Waals surface area contributed by atoms with Gasteiger partial charge in [-0.3, -0.25) is 0 Å². The molecule has 1 N–H and O–H groups in total. The molecule has 0 unspecified atom stereocenters. The summed E-state index contributed by atoms with van der Waals surface area (Å²) in [6.45, 7) is 0.149. The zero-order valence-corrected chi connectivity index (χ0v) is 11.5. The van der Waals surface area contributed by atoms with Gasteiger partial charge in [-0.1, -0.05) is 6.07 Å². The topological polar surface area (TPSA) is 87.8 Å². The van der Waals surface area contributed by atoms with Gasteiger partial charge < -0.3 is 9.52 Å². The zero-order valence-electron chi connectivity index (χ0n) is 10.7. The van der Waals surface area contributed by atoms with Crippen LogP contribution < -0.4 is 0 Å². The highest BCUT2D eigenvalue weighted by Gasteiger charge is 2.22. The number of aromatic carboxylic acids is 1. The van der Waals surface area contributed by atoms with Crippen LogP contribution in [0, 0.1) is 0 Å². The zero-order chi connectivity index (χ0) is 14.8. The largest absolute Gasteiger partial charge is 0.478 e. The molecular formula is C13H13NO5S. The van der Waals surface area contributed by atoms with Crippen molar-refractivity contribution in [1.29, 1.82) is 0 Å². The van der Waals surface area contributed by atoms with Crippen LogP contribution in [-0.2, 0) is 16.6 Å². The van der Waals surface area contributed by atoms with Gasteiger partial charge in [0.2, 0.25) is 10.0 Å². The lowest BCUT2D eigenvalue weighted by Gasteiger charge is -2.16. The summed E-state index contributed by atoms with van der Waals surface area (Å²) in [4.78, 5) is 10.8. The van der Waals surface area contributed by atoms with E-state index >= 15 is 0 Å². The number of rotatable bonds is 5. The van der Waals surface area contributed by atoms with E-state index < -0.39 is 16.0 Å². The number of sulfonamides is 1. The number of nitrogens with zero attached hydrogens (tertiary/aromatic N) is 1. The van der Waals surface area contributed by atoms with Crippen LogP contribution in [0.4, 0.5) is 0 Å². The fraction of sp³-hybridized carbons (Fsp3) is 0.154. The maximum Gasteiger partial charge on any atom is 0.335 e. The molecule has 0 amide bonds. The summed E-state index contributed by atoms with van der Waals surface area (Å²) in [5.74, 6) is -1.17. The molecule has 1 aromatic carbocycles. The van der Waals surface area contributed by atoms with Crippen molar-refractivity contribution >= 4 is 16.0 Å². The van der Waals surface area contributed by atoms with E-state index in [4.69, 9.17) is 9.52 Å². The predicted octanol–water partition coefficient (Wildman–Crippen LogP) is 1.80. The van der Waals surface area contributed by atoms with Gasteiger partial charge in [-0.15, -0.1) is 0 Å². The molecule has 20 heavy (non-hydrogen) atoms. The summed E-state index contributed by atoms with van der Waals surface area (Å²) in [5.41, 5.74) is 0.647. The second kappa shape index (κ2) is 5.48. The van der Waals surface area contributed by atoms with Crippen LogP contribution in [0.25, 0.3) is 0 Å². The predicted molar refractivity (Wildman–Crippen MR) is 70.8 cm³/mol. The monoisotopic (exact) mass is 295 g/mol. The van der Waals surface area contributed by atoms with E-state index in [2.05, 4.69) is 0 Å². The van der Waals surface area contributed by atoms with Crippen LogP contribution in [0.5, 0.6) is 0 Å². The molecule has 0 fully saturated rings. The van der Waals surface area contributed by atoms with Gasteiger partial charge in [0.1, 0.15) is 0 Å². The first-order valence-electron chi connectivity index (χ1n) is 5.72. The van der Waals surface area contributed by atoms with Crippen molar-refractivity contribution < 1.29 is 22.7 Å². The quantitative estimate of drug-likeness (QED) is 0.908. The number of carbonyl (C=O) groups is 1. The molecule has 6 nitrogen and oxygen atoms in total. The van der Waals surface area contributed by atoms with Crippen molar-refractivity contribution in [2.24, 2.45) is 0 Å². The van der Waals surface area contributed by atoms with Crippen LogP contribution in [0.2, 0.25) is 0 Å². The highest BCUT2D eigenvalue weighted by Crippen LogP contribution is 2.18. The molecule has 2 aromatic rings. The molecule has 0 atom stereocenters. The summed E-state index contributed by atoms with van der Waals surface area (Å²) in [7, 11) is -2.32. The third-order valence-electron chi connectivity index (χ3n) is 2.77. The maximum atomic E-state index is 12.3. The maximum absolute atomic E-state index is 12.3. The SMILES string of the molecule is CN(Cc1ccoc1)S(=O)(=O)c1cccc(C(=O)O)c1. The summed E-state index contributed by atoms with van der Waals surface area (Å²) in [6.07, 6.45) is 2.92. The Labute approximate surface area is 116 Å². The fourth-order valence-corrected chi connectivity index (χ4v) is 2.90. The highest BCUT2D eigenvalue weighted by atomic mass is 32.2. The number of hydrogen-bond acceptors (Lipinski definition) is 4. The van der Waals surface area contributed by atoms with E-state index in [0.717, 1.165) is 10.4 Å². The van der Waals surface area contributed by atoms with Crippen molar-refractivity contribution in [1.82, 2.24) is 4.31 Å². The summed E-state index contributed by atoms with van der Waals surface area (Å²) in [5, 5.41) is 8.90. The summed E-state index contributed by atoms with van der Waals surface area (Å²) < 4.78 is 30.7. The molecule has 0 bridgehead atoms. The number of carboxylic acid groups (broad SMARTS) is 1. The Morgan fingerprint density at radius 3 is 2.70 bits per heavy atom. The first-order chi connectivity index (χ1) is 9.41. The van der Waals surface area contributed by atoms with E-state index in [1.165, 1.54) is 37.8 Å². The lowest BCUT2D eigenvalue weighted by atomic mass is 10.2. The Hall–Kier alpha value is -2.12. The van der Waals surface area contributed by atoms with Crippen molar-refractivity contribution in [2.45, 2.75) is 11.4 Å². The third kappa shape index (κ3) is 2.89. The van der Waals surface area contributed by atoms with Gasteiger partial charge in [0.15, 0.2) is 0 Å². The first-order valence-corrected chi connectivity index (χ1v) is 7.16. The number of carboxylic acids is 1. The second-order valence-corrected chi connectivity index (χ2v) is 6.27. The lowest BCUT2D eigenvalue weighted by molar-refractivity contribution is 0.0696. The van der Waals surface area contributed by atoms with Crippen molar-refractivity contribution in [2.75, 3.05) is 7.05 Å². The molecule has 0 saturated heterocycles. The molecule has 0 aliphatic carbocycles. The highest BCUT2D eigenvalue weighted by molar-refractivity contribution is 7.89. The second-order valence-electron chi connectivity index (χ2n) is 4.23. The Bertz CT molecular complexity index is 706. The molecule has 0 saturated carbocycles. The Morgan fingerprint density at radius 2 is 2.10 bits per heavy atom. The molecule has 0 aliphatic heterocycles. The Kier molecular flexibility index (Phi) is 3.91. The van der Waals surface area contributed by atoms with E-state index in [9.17, 15) is 13.2 Å². The van der Waals surface area contributed by atoms with E-state index in [0.29, 0.717) is 5.56 Å². The van der Waals surface area contributed by atoms with Gasteiger partial charge in [0.05, 0.1) is 23.0 Å². The number of furan rings is 1. The normalized spacial score (nSPS) is 11.7. The van der Waals surface area contributed by atoms with Gasteiger partial charge in [0, 0.05) is 19.2 Å². The Morgan fingerprint density at radius 1 is 1.35 bits per heavy atom. The molecule has 0 radical (unpaired) electrons. The minimum absolute atomic E-state index is 0.0524. The van der Waals surface area contributed by atoms with Gasteiger partial charge in [-0.2, -0.15) is 4.31 Å². The molecule has 7 heteroatoms. The first kappa shape index (κ1) is 14.3. The van der Waals surface area contributed by atoms with Crippen molar-refractivity contribution in [3.8, 4) is 0 Å². The van der Waals surface area contributed by atoms with Gasteiger partial charge in [-0.05, 0) is 24.3 Å². The van der Waals surface area contributed by atoms with Crippen LogP contribution in [0.3, 0.4) is 0 Å². The fourth-order valence-electron chi connectivity index (χ4n) is 1.69. The molecule has 0 spiro atoms. The minimum Gasteiger partial charge on any atom is -0.478 e. The van der Waals surface area contributed by atoms with E-state index in [-0.39, 0.29) is 17.0 Å². The van der Waals surface area contributed by atoms with Crippen molar-refractivity contribution in [3.05, 3.63) is 54.0 Å². The van der Waals surface area contributed by atoms with Gasteiger partial charge in [-0.25, -0.2) is 13.2 Å². The minimum atomic E-state index is -3.74. The molecule has 1 heterocycles. The molecular weight excluding hydrogens is 282 g/mol. The average Bonchev–Trinajstić information content (AvgIpc) is 2.91. The van der Waals surface area contributed by atoms with Gasteiger partial charge >= 0.3 is 5.97 Å². The molecule has 106 valence electrons. The van der Waals surface area contributed by atoms with Crippen LogP contribution >= 0.6 is 0 Å². The summed E-state index contributed by atoms with van der Waals surface area (Å²) >= 11 is 0. The van der Waals surface area contributed by atoms with Crippen molar-refractivity contribution in [3.63, 3.8) is 0 Å². The summed E-state index contributed by atoms with van der Waals surface area (Å²) in [6, 6.07) is 6.93. The van der Waals surface area contributed by atoms with E-state index in [1.54, 1.807) is 6.07 Å². The molecule has 0 aliphatic rings. The number of benzene rings is 1. The smallest absolute Gasteiger partial charge is 0.335 e. The van der Waals surface area contributed by atoms with Crippen LogP contribution in [0.1, 0.15) is 15.9 Å². The van der Waals surface area contributed by atoms with E-state index in [1.807, 2.05) is 0 Å². The van der Waals surface area contributed by atoms with Gasteiger partial charge in [0.25, 0.3) is 0 Å². The standard InChI is InChI=1S/C13H13NO5S/c1-14(8-10-5-6-19-9-10)20(17,18)12-4-2-3-11(7-12)13(15)16/h2-7,9H,8H2,1H3,(H,15,16). The number of hydrogen-bond donors (Lipinski definition) is 1. The lowest BCUT2D eigenvalue weighted by Crippen LogP contribution is -2.26. The molecule has 2 rings (SSSR count). The third-order valence-corrected chi connectivity index (χ3v) is 4.57. The van der Waals surface area contributed by atoms with Crippen LogP contribution in [-0.4, -0.2) is 30.8 Å². The molecule has 1 aromatic heterocycles.